The van der Waals surface area contributed by atoms with Crippen LogP contribution in [0.5, 0.6) is 5.75 Å². The second kappa shape index (κ2) is 2.89. The molecule has 2 aromatic rings. The summed E-state index contributed by atoms with van der Waals surface area (Å²) < 4.78 is 9.01. The summed E-state index contributed by atoms with van der Waals surface area (Å²) in [6.45, 7) is 0. The Morgan fingerprint density at radius 2 is 2.18 bits per heavy atom. The van der Waals surface area contributed by atoms with Gasteiger partial charge in [-0.2, -0.15) is 0 Å². The van der Waals surface area contributed by atoms with Gasteiger partial charge in [0.15, 0.2) is 0 Å². The van der Waals surface area contributed by atoms with E-state index in [4.69, 9.17) is 4.74 Å². The van der Waals surface area contributed by atoms with Crippen LogP contribution in [0.4, 0.5) is 0 Å². The molecule has 0 fully saturated rings. The number of benzene rings is 1. The van der Waals surface area contributed by atoms with Gasteiger partial charge >= 0.3 is 75.2 Å². The fourth-order valence-corrected chi connectivity index (χ4v) is 3.44. The van der Waals surface area contributed by atoms with Crippen LogP contribution in [-0.4, -0.2) is 27.5 Å². The molecule has 1 aromatic carbocycles. The summed E-state index contributed by atoms with van der Waals surface area (Å²) in [5, 5.41) is 1.30. The normalized spacial score (nSPS) is 10.3. The summed E-state index contributed by atoms with van der Waals surface area (Å²) in [6.07, 6.45) is 0. The number of rotatable bonds is 1. The molecule has 1 nitrogen and oxygen atoms in total. The van der Waals surface area contributed by atoms with Gasteiger partial charge in [-0.3, -0.25) is 0 Å². The molecule has 0 saturated heterocycles. The van der Waals surface area contributed by atoms with Gasteiger partial charge < -0.3 is 0 Å². The van der Waals surface area contributed by atoms with Gasteiger partial charge in [-0.25, -0.2) is 0 Å². The van der Waals surface area contributed by atoms with Crippen molar-refractivity contribution in [2.75, 3.05) is 7.11 Å². The van der Waals surface area contributed by atoms with Gasteiger partial charge in [-0.15, -0.1) is 0 Å². The van der Waals surface area contributed by atoms with E-state index >= 15 is 0 Å². The summed E-state index contributed by atoms with van der Waals surface area (Å²) in [7, 11) is 1.72. The molecule has 56 valence electrons. The first-order chi connectivity index (χ1) is 5.42. The predicted octanol–water partition coefficient (Wildman–Crippen LogP) is 1.91. The van der Waals surface area contributed by atoms with Gasteiger partial charge in [-0.05, 0) is 0 Å². The molecule has 2 heteroatoms. The van der Waals surface area contributed by atoms with Crippen molar-refractivity contribution in [3.8, 4) is 5.75 Å². The molecule has 0 radical (unpaired) electrons. The third-order valence-corrected chi connectivity index (χ3v) is 4.19. The molecule has 0 aliphatic rings. The molecular formula is C9H8OTe. The van der Waals surface area contributed by atoms with Crippen molar-refractivity contribution in [2.45, 2.75) is 0 Å². The van der Waals surface area contributed by atoms with E-state index in [0.717, 1.165) is 5.75 Å². The number of hydrogen-bond acceptors (Lipinski definition) is 1. The van der Waals surface area contributed by atoms with Crippen molar-refractivity contribution in [3.63, 3.8) is 0 Å². The van der Waals surface area contributed by atoms with Crippen LogP contribution in [0.15, 0.2) is 28.3 Å². The molecule has 0 N–H and O–H groups in total. The van der Waals surface area contributed by atoms with Gasteiger partial charge in [0.2, 0.25) is 0 Å². The van der Waals surface area contributed by atoms with Gasteiger partial charge in [0.25, 0.3) is 0 Å². The van der Waals surface area contributed by atoms with Crippen molar-refractivity contribution < 1.29 is 4.74 Å². The van der Waals surface area contributed by atoms with Crippen molar-refractivity contribution in [1.82, 2.24) is 0 Å². The summed E-state index contributed by atoms with van der Waals surface area (Å²) in [6, 6.07) is 8.45. The second-order valence-electron chi connectivity index (χ2n) is 2.29. The standard InChI is InChI=1S/C9H8OTe/c1-10-8-3-2-4-9-7(8)5-6-11-9/h2-6H,1H3. The maximum atomic E-state index is 5.23. The Labute approximate surface area is 75.2 Å². The molecule has 1 heterocycles. The molecule has 0 saturated carbocycles. The third kappa shape index (κ3) is 1.17. The molecule has 0 atom stereocenters. The Morgan fingerprint density at radius 1 is 1.27 bits per heavy atom. The van der Waals surface area contributed by atoms with Crippen LogP contribution in [-0.2, 0) is 0 Å². The average Bonchev–Trinajstić information content (AvgIpc) is 2.50. The van der Waals surface area contributed by atoms with E-state index in [1.165, 1.54) is 8.79 Å². The molecule has 0 spiro atoms. The van der Waals surface area contributed by atoms with Crippen LogP contribution in [0.25, 0.3) is 8.79 Å². The zero-order chi connectivity index (χ0) is 7.68. The molecule has 0 aliphatic heterocycles. The van der Waals surface area contributed by atoms with E-state index in [9.17, 15) is 0 Å². The first kappa shape index (κ1) is 7.21. The molecule has 1 aromatic heterocycles. The molecule has 0 unspecified atom stereocenters. The van der Waals surface area contributed by atoms with E-state index in [2.05, 4.69) is 22.3 Å². The van der Waals surface area contributed by atoms with Gasteiger partial charge in [0, 0.05) is 0 Å². The summed E-state index contributed by atoms with van der Waals surface area (Å²) in [5.74, 6) is 1.02. The molecule has 2 rings (SSSR count). The number of ether oxygens (including phenoxy) is 1. The molecular weight excluding hydrogens is 252 g/mol. The van der Waals surface area contributed by atoms with E-state index in [1.807, 2.05) is 6.07 Å². The van der Waals surface area contributed by atoms with Crippen LogP contribution in [0.3, 0.4) is 0 Å². The Morgan fingerprint density at radius 3 is 3.00 bits per heavy atom. The van der Waals surface area contributed by atoms with Crippen LogP contribution in [0, 0.1) is 0 Å². The van der Waals surface area contributed by atoms with Gasteiger partial charge in [0.1, 0.15) is 0 Å². The Bertz CT molecular complexity index is 364. The zero-order valence-corrected chi connectivity index (χ0v) is 8.53. The predicted molar refractivity (Wildman–Crippen MR) is 47.4 cm³/mol. The topological polar surface area (TPSA) is 9.23 Å². The summed E-state index contributed by atoms with van der Waals surface area (Å²) in [4.78, 5) is 0. The maximum absolute atomic E-state index is 5.23. The minimum absolute atomic E-state index is 0.0262. The van der Waals surface area contributed by atoms with E-state index < -0.39 is 0 Å². The second-order valence-corrected chi connectivity index (χ2v) is 5.00. The zero-order valence-electron chi connectivity index (χ0n) is 6.20. The van der Waals surface area contributed by atoms with Crippen LogP contribution < -0.4 is 4.74 Å². The minimum atomic E-state index is -0.0262. The third-order valence-electron chi connectivity index (χ3n) is 1.68. The Hall–Kier alpha value is -0.450. The van der Waals surface area contributed by atoms with Crippen molar-refractivity contribution in [2.24, 2.45) is 0 Å². The van der Waals surface area contributed by atoms with Crippen LogP contribution in [0.2, 0.25) is 0 Å². The fourth-order valence-electron chi connectivity index (χ4n) is 1.14. The van der Waals surface area contributed by atoms with Crippen molar-refractivity contribution >= 4 is 29.2 Å². The fraction of sp³-hybridized carbons (Fsp3) is 0.111. The summed E-state index contributed by atoms with van der Waals surface area (Å²) >= 11 is -0.0262. The number of methoxy groups -OCH3 is 1. The summed E-state index contributed by atoms with van der Waals surface area (Å²) in [5.41, 5.74) is 0. The number of hydrogen-bond donors (Lipinski definition) is 0. The first-order valence-electron chi connectivity index (χ1n) is 3.42. The van der Waals surface area contributed by atoms with Crippen molar-refractivity contribution in [1.29, 1.82) is 0 Å². The number of fused-ring (bicyclic) bond motifs is 1. The monoisotopic (exact) mass is 262 g/mol. The SMILES string of the molecule is COc1cccc2[te]ccc12. The van der Waals surface area contributed by atoms with E-state index in [-0.39, 0.29) is 20.4 Å². The molecule has 0 aliphatic carbocycles. The molecule has 0 amide bonds. The van der Waals surface area contributed by atoms with Crippen LogP contribution >= 0.6 is 0 Å². The van der Waals surface area contributed by atoms with E-state index in [0.29, 0.717) is 0 Å². The quantitative estimate of drug-likeness (QED) is 0.711. The van der Waals surface area contributed by atoms with Gasteiger partial charge in [-0.1, -0.05) is 0 Å². The van der Waals surface area contributed by atoms with Gasteiger partial charge in [0.05, 0.1) is 0 Å². The molecule has 0 bridgehead atoms. The van der Waals surface area contributed by atoms with Crippen LogP contribution in [0.1, 0.15) is 0 Å². The van der Waals surface area contributed by atoms with Crippen molar-refractivity contribution in [3.05, 3.63) is 28.3 Å². The Balaban J connectivity index is 2.79. The average molecular weight is 260 g/mol. The Kier molecular flexibility index (Phi) is 1.89. The van der Waals surface area contributed by atoms with E-state index in [1.54, 1.807) is 7.11 Å². The first-order valence-corrected chi connectivity index (χ1v) is 5.93. The molecule has 11 heavy (non-hydrogen) atoms.